The van der Waals surface area contributed by atoms with E-state index in [2.05, 4.69) is 5.32 Å². The van der Waals surface area contributed by atoms with Crippen LogP contribution in [-0.4, -0.2) is 18.2 Å². The third kappa shape index (κ3) is 2.39. The Morgan fingerprint density at radius 2 is 1.70 bits per heavy atom. The smallest absolute Gasteiger partial charge is 0.231 e. The van der Waals surface area contributed by atoms with E-state index in [1.165, 1.54) is 38.5 Å². The van der Waals surface area contributed by atoms with E-state index in [0.717, 1.165) is 34.8 Å². The molecule has 4 nitrogen and oxygen atoms in total. The first kappa shape index (κ1) is 13.7. The molecular weight excluding hydrogens is 290 g/mol. The molecule has 122 valence electrons. The molecule has 1 aliphatic heterocycles. The highest BCUT2D eigenvalue weighted by Crippen LogP contribution is 2.55. The van der Waals surface area contributed by atoms with Crippen molar-refractivity contribution in [3.05, 3.63) is 23.8 Å². The van der Waals surface area contributed by atoms with Crippen LogP contribution in [0.2, 0.25) is 0 Å². The van der Waals surface area contributed by atoms with Crippen LogP contribution in [-0.2, 0) is 11.2 Å². The minimum Gasteiger partial charge on any atom is -0.454 e. The molecule has 23 heavy (non-hydrogen) atoms. The van der Waals surface area contributed by atoms with Crippen LogP contribution in [0.25, 0.3) is 0 Å². The quantitative estimate of drug-likeness (QED) is 0.933. The standard InChI is InChI=1S/C19H23NO3/c21-18(7-12-1-2-16-17(6-12)23-11-22-16)20-19-8-13-3-14(9-19)5-15(4-13)10-19/h1-2,6,13-15H,3-5,7-11H2,(H,20,21). The fourth-order valence-electron chi connectivity index (χ4n) is 5.84. The molecule has 1 aromatic rings. The molecule has 6 rings (SSSR count). The number of hydrogen-bond donors (Lipinski definition) is 1. The van der Waals surface area contributed by atoms with Crippen molar-refractivity contribution < 1.29 is 14.3 Å². The van der Waals surface area contributed by atoms with Gasteiger partial charge in [-0.1, -0.05) is 6.07 Å². The Kier molecular flexibility index (Phi) is 2.91. The molecule has 0 unspecified atom stereocenters. The average Bonchev–Trinajstić information content (AvgIpc) is 2.92. The minimum atomic E-state index is 0.0994. The number of hydrogen-bond acceptors (Lipinski definition) is 3. The van der Waals surface area contributed by atoms with Crippen molar-refractivity contribution in [2.75, 3.05) is 6.79 Å². The average molecular weight is 313 g/mol. The number of nitrogens with one attached hydrogen (secondary N) is 1. The summed E-state index contributed by atoms with van der Waals surface area (Å²) in [7, 11) is 0. The molecule has 5 aliphatic rings. The lowest BCUT2D eigenvalue weighted by Gasteiger charge is -2.56. The third-order valence-corrected chi connectivity index (χ3v) is 6.24. The van der Waals surface area contributed by atoms with E-state index >= 15 is 0 Å². The normalized spacial score (nSPS) is 36.3. The summed E-state index contributed by atoms with van der Waals surface area (Å²) in [6.07, 6.45) is 8.23. The lowest BCUT2D eigenvalue weighted by Crippen LogP contribution is -2.60. The number of amides is 1. The van der Waals surface area contributed by atoms with Gasteiger partial charge in [-0.15, -0.1) is 0 Å². The monoisotopic (exact) mass is 313 g/mol. The maximum Gasteiger partial charge on any atom is 0.231 e. The van der Waals surface area contributed by atoms with Crippen molar-refractivity contribution >= 4 is 5.91 Å². The second kappa shape index (κ2) is 4.89. The van der Waals surface area contributed by atoms with Gasteiger partial charge in [0, 0.05) is 5.54 Å². The van der Waals surface area contributed by atoms with E-state index in [-0.39, 0.29) is 18.2 Å². The van der Waals surface area contributed by atoms with Gasteiger partial charge in [-0.2, -0.15) is 0 Å². The Morgan fingerprint density at radius 3 is 2.39 bits per heavy atom. The molecule has 0 atom stereocenters. The largest absolute Gasteiger partial charge is 0.454 e. The van der Waals surface area contributed by atoms with Gasteiger partial charge < -0.3 is 14.8 Å². The first-order valence-corrected chi connectivity index (χ1v) is 8.87. The van der Waals surface area contributed by atoms with Gasteiger partial charge in [0.15, 0.2) is 11.5 Å². The van der Waals surface area contributed by atoms with Gasteiger partial charge in [0.1, 0.15) is 0 Å². The summed E-state index contributed by atoms with van der Waals surface area (Å²) in [6.45, 7) is 0.276. The first-order chi connectivity index (χ1) is 11.2. The molecule has 0 aromatic heterocycles. The molecule has 4 saturated carbocycles. The molecule has 1 heterocycles. The van der Waals surface area contributed by atoms with Crippen LogP contribution in [0.3, 0.4) is 0 Å². The Balaban J connectivity index is 1.28. The minimum absolute atomic E-state index is 0.0994. The van der Waals surface area contributed by atoms with Gasteiger partial charge in [0.25, 0.3) is 0 Å². The van der Waals surface area contributed by atoms with Crippen LogP contribution in [0.5, 0.6) is 11.5 Å². The Hall–Kier alpha value is -1.71. The molecule has 1 aromatic carbocycles. The van der Waals surface area contributed by atoms with Gasteiger partial charge in [-0.25, -0.2) is 0 Å². The predicted molar refractivity (Wildman–Crippen MR) is 85.3 cm³/mol. The molecule has 4 bridgehead atoms. The molecule has 1 amide bonds. The van der Waals surface area contributed by atoms with E-state index < -0.39 is 0 Å². The fourth-order valence-corrected chi connectivity index (χ4v) is 5.84. The van der Waals surface area contributed by atoms with Crippen molar-refractivity contribution in [3.63, 3.8) is 0 Å². The van der Waals surface area contributed by atoms with Crippen LogP contribution >= 0.6 is 0 Å². The number of carbonyl (C=O) groups is 1. The van der Waals surface area contributed by atoms with E-state index in [4.69, 9.17) is 9.47 Å². The van der Waals surface area contributed by atoms with Crippen LogP contribution in [0.15, 0.2) is 18.2 Å². The summed E-state index contributed by atoms with van der Waals surface area (Å²) >= 11 is 0. The van der Waals surface area contributed by atoms with Crippen molar-refractivity contribution in [2.24, 2.45) is 17.8 Å². The van der Waals surface area contributed by atoms with E-state index in [1.807, 2.05) is 18.2 Å². The molecule has 0 saturated heterocycles. The van der Waals surface area contributed by atoms with Crippen molar-refractivity contribution in [1.29, 1.82) is 0 Å². The topological polar surface area (TPSA) is 47.6 Å². The summed E-state index contributed by atoms with van der Waals surface area (Å²) < 4.78 is 10.7. The molecule has 4 fully saturated rings. The van der Waals surface area contributed by atoms with E-state index in [1.54, 1.807) is 0 Å². The lowest BCUT2D eigenvalue weighted by atomic mass is 9.53. The SMILES string of the molecule is O=C(Cc1ccc2c(c1)OCO2)NC12CC3CC(CC(C3)C1)C2. The summed E-state index contributed by atoms with van der Waals surface area (Å²) in [5, 5.41) is 3.43. The maximum atomic E-state index is 12.6. The Bertz CT molecular complexity index is 619. The summed E-state index contributed by atoms with van der Waals surface area (Å²) in [4.78, 5) is 12.6. The number of fused-ring (bicyclic) bond motifs is 1. The zero-order valence-electron chi connectivity index (χ0n) is 13.3. The van der Waals surface area contributed by atoms with Crippen molar-refractivity contribution in [2.45, 2.75) is 50.5 Å². The predicted octanol–water partition coefficient (Wildman–Crippen LogP) is 3.04. The van der Waals surface area contributed by atoms with Crippen LogP contribution in [0, 0.1) is 17.8 Å². The van der Waals surface area contributed by atoms with Crippen molar-refractivity contribution in [1.82, 2.24) is 5.32 Å². The number of rotatable bonds is 3. The molecule has 0 spiro atoms. The summed E-state index contributed by atoms with van der Waals surface area (Å²) in [6, 6.07) is 5.80. The van der Waals surface area contributed by atoms with E-state index in [9.17, 15) is 4.79 Å². The Labute approximate surface area is 136 Å². The highest BCUT2D eigenvalue weighted by molar-refractivity contribution is 5.79. The van der Waals surface area contributed by atoms with Gasteiger partial charge >= 0.3 is 0 Å². The van der Waals surface area contributed by atoms with E-state index in [0.29, 0.717) is 6.42 Å². The van der Waals surface area contributed by atoms with Crippen LogP contribution < -0.4 is 14.8 Å². The van der Waals surface area contributed by atoms with Crippen LogP contribution in [0.4, 0.5) is 0 Å². The highest BCUT2D eigenvalue weighted by Gasteiger charge is 2.51. The first-order valence-electron chi connectivity index (χ1n) is 8.87. The second-order valence-corrected chi connectivity index (χ2v) is 8.11. The number of carbonyl (C=O) groups excluding carboxylic acids is 1. The summed E-state index contributed by atoms with van der Waals surface area (Å²) in [5.74, 6) is 4.25. The zero-order chi connectivity index (χ0) is 15.4. The molecule has 0 radical (unpaired) electrons. The maximum absolute atomic E-state index is 12.6. The molecular formula is C19H23NO3. The van der Waals surface area contributed by atoms with Gasteiger partial charge in [-0.05, 0) is 74.0 Å². The molecule has 1 N–H and O–H groups in total. The number of ether oxygens (including phenoxy) is 2. The number of benzene rings is 1. The molecule has 4 heteroatoms. The second-order valence-electron chi connectivity index (χ2n) is 8.11. The van der Waals surface area contributed by atoms with Gasteiger partial charge in [0.05, 0.1) is 6.42 Å². The zero-order valence-corrected chi connectivity index (χ0v) is 13.3. The van der Waals surface area contributed by atoms with Gasteiger partial charge in [-0.3, -0.25) is 4.79 Å². The third-order valence-electron chi connectivity index (χ3n) is 6.24. The molecule has 4 aliphatic carbocycles. The summed E-state index contributed by atoms with van der Waals surface area (Å²) in [5.41, 5.74) is 1.10. The lowest BCUT2D eigenvalue weighted by molar-refractivity contribution is -0.126. The Morgan fingerprint density at radius 1 is 1.04 bits per heavy atom. The highest BCUT2D eigenvalue weighted by atomic mass is 16.7. The van der Waals surface area contributed by atoms with Crippen LogP contribution in [0.1, 0.15) is 44.1 Å². The van der Waals surface area contributed by atoms with Crippen molar-refractivity contribution in [3.8, 4) is 11.5 Å². The fraction of sp³-hybridized carbons (Fsp3) is 0.632. The van der Waals surface area contributed by atoms with Gasteiger partial charge in [0.2, 0.25) is 12.7 Å².